The van der Waals surface area contributed by atoms with Gasteiger partial charge in [-0.15, -0.1) is 0 Å². The highest BCUT2D eigenvalue weighted by molar-refractivity contribution is 5.37. The molecule has 0 bridgehead atoms. The summed E-state index contributed by atoms with van der Waals surface area (Å²) in [6, 6.07) is 0. The molecule has 1 aromatic heterocycles. The Bertz CT molecular complexity index is 345. The minimum absolute atomic E-state index is 0.544. The van der Waals surface area contributed by atoms with Crippen LogP contribution in [0.2, 0.25) is 0 Å². The summed E-state index contributed by atoms with van der Waals surface area (Å²) >= 11 is 0. The van der Waals surface area contributed by atoms with E-state index in [9.17, 15) is 0 Å². The van der Waals surface area contributed by atoms with Crippen LogP contribution in [0.1, 0.15) is 19.3 Å². The number of nitrogens with one attached hydrogen (secondary N) is 1. The molecule has 3 heterocycles. The Morgan fingerprint density at radius 3 is 2.81 bits per heavy atom. The van der Waals surface area contributed by atoms with E-state index in [1.54, 1.807) is 12.4 Å². The molecule has 0 unspecified atom stereocenters. The largest absolute Gasteiger partial charge is 0.355 e. The van der Waals surface area contributed by atoms with Crippen LogP contribution in [0.25, 0.3) is 0 Å². The van der Waals surface area contributed by atoms with Crippen LogP contribution in [0.5, 0.6) is 0 Å². The fourth-order valence-corrected chi connectivity index (χ4v) is 2.95. The van der Waals surface area contributed by atoms with Gasteiger partial charge < -0.3 is 10.2 Å². The van der Waals surface area contributed by atoms with Gasteiger partial charge in [0.25, 0.3) is 0 Å². The van der Waals surface area contributed by atoms with Crippen molar-refractivity contribution in [3.05, 3.63) is 18.6 Å². The first-order valence-corrected chi connectivity index (χ1v) is 6.10. The lowest BCUT2D eigenvalue weighted by molar-refractivity contribution is 0.232. The Balaban J connectivity index is 1.73. The van der Waals surface area contributed by atoms with Gasteiger partial charge in [0.05, 0.1) is 6.20 Å². The van der Waals surface area contributed by atoms with Crippen LogP contribution >= 0.6 is 0 Å². The maximum atomic E-state index is 4.39. The molecule has 2 aliphatic heterocycles. The molecule has 2 saturated heterocycles. The molecule has 2 fully saturated rings. The van der Waals surface area contributed by atoms with Crippen LogP contribution in [-0.4, -0.2) is 36.1 Å². The van der Waals surface area contributed by atoms with Crippen molar-refractivity contribution in [1.82, 2.24) is 15.3 Å². The third-order valence-electron chi connectivity index (χ3n) is 3.98. The molecule has 0 radical (unpaired) electrons. The standard InChI is InChI=1S/C12H18N4/c1-4-13-5-2-12(1)3-8-16(10-12)11-9-14-6-7-15-11/h6-7,9,13H,1-5,8,10H2. The predicted octanol–water partition coefficient (Wildman–Crippen LogP) is 1.06. The summed E-state index contributed by atoms with van der Waals surface area (Å²) in [7, 11) is 0. The Morgan fingerprint density at radius 2 is 2.06 bits per heavy atom. The summed E-state index contributed by atoms with van der Waals surface area (Å²) in [5.74, 6) is 1.04. The molecule has 0 atom stereocenters. The Labute approximate surface area is 96.1 Å². The number of hydrogen-bond acceptors (Lipinski definition) is 4. The molecule has 1 N–H and O–H groups in total. The first-order chi connectivity index (χ1) is 7.88. The molecule has 0 aromatic carbocycles. The number of nitrogens with zero attached hydrogens (tertiary/aromatic N) is 3. The van der Waals surface area contributed by atoms with Gasteiger partial charge in [-0.05, 0) is 37.8 Å². The third-order valence-corrected chi connectivity index (χ3v) is 3.98. The van der Waals surface area contributed by atoms with E-state index in [0.29, 0.717) is 5.41 Å². The highest BCUT2D eigenvalue weighted by atomic mass is 15.2. The lowest BCUT2D eigenvalue weighted by atomic mass is 9.78. The fraction of sp³-hybridized carbons (Fsp3) is 0.667. The first-order valence-electron chi connectivity index (χ1n) is 6.10. The zero-order valence-corrected chi connectivity index (χ0v) is 9.52. The summed E-state index contributed by atoms with van der Waals surface area (Å²) in [6.07, 6.45) is 9.32. The molecular formula is C12H18N4. The van der Waals surface area contributed by atoms with Crippen LogP contribution in [-0.2, 0) is 0 Å². The van der Waals surface area contributed by atoms with Gasteiger partial charge >= 0.3 is 0 Å². The molecule has 4 nitrogen and oxygen atoms in total. The average molecular weight is 218 g/mol. The predicted molar refractivity (Wildman–Crippen MR) is 63.4 cm³/mol. The van der Waals surface area contributed by atoms with E-state index in [4.69, 9.17) is 0 Å². The van der Waals surface area contributed by atoms with Gasteiger partial charge in [-0.3, -0.25) is 4.98 Å². The van der Waals surface area contributed by atoms with Gasteiger partial charge in [0, 0.05) is 25.5 Å². The van der Waals surface area contributed by atoms with Crippen LogP contribution in [0.15, 0.2) is 18.6 Å². The molecule has 86 valence electrons. The fourth-order valence-electron chi connectivity index (χ4n) is 2.95. The van der Waals surface area contributed by atoms with Gasteiger partial charge in [0.1, 0.15) is 5.82 Å². The second kappa shape index (κ2) is 4.01. The number of rotatable bonds is 1. The van der Waals surface area contributed by atoms with Crippen molar-refractivity contribution < 1.29 is 0 Å². The van der Waals surface area contributed by atoms with Gasteiger partial charge in [-0.25, -0.2) is 4.98 Å². The Hall–Kier alpha value is -1.16. The highest BCUT2D eigenvalue weighted by Gasteiger charge is 2.39. The summed E-state index contributed by atoms with van der Waals surface area (Å²) in [6.45, 7) is 4.65. The minimum Gasteiger partial charge on any atom is -0.355 e. The van der Waals surface area contributed by atoms with E-state index in [1.165, 1.54) is 32.4 Å². The lowest BCUT2D eigenvalue weighted by Crippen LogP contribution is -2.38. The molecule has 0 amide bonds. The normalized spacial score (nSPS) is 23.9. The molecule has 2 aliphatic rings. The van der Waals surface area contributed by atoms with Crippen molar-refractivity contribution in [2.45, 2.75) is 19.3 Å². The molecule has 3 rings (SSSR count). The van der Waals surface area contributed by atoms with Crippen LogP contribution < -0.4 is 10.2 Å². The van der Waals surface area contributed by atoms with E-state index in [2.05, 4.69) is 20.2 Å². The lowest BCUT2D eigenvalue weighted by Gasteiger charge is -2.33. The van der Waals surface area contributed by atoms with E-state index in [1.807, 2.05) is 6.20 Å². The van der Waals surface area contributed by atoms with Gasteiger partial charge in [0.15, 0.2) is 0 Å². The zero-order chi connectivity index (χ0) is 10.8. The first kappa shape index (κ1) is 10.0. The average Bonchev–Trinajstić information content (AvgIpc) is 2.75. The third kappa shape index (κ3) is 1.78. The van der Waals surface area contributed by atoms with Crippen molar-refractivity contribution in [2.75, 3.05) is 31.1 Å². The number of piperidine rings is 1. The molecule has 4 heteroatoms. The van der Waals surface area contributed by atoms with E-state index < -0.39 is 0 Å². The second-order valence-electron chi connectivity index (χ2n) is 4.99. The SMILES string of the molecule is c1cnc(N2CCC3(CCNCC3)C2)cn1. The molecule has 0 saturated carbocycles. The van der Waals surface area contributed by atoms with Crippen molar-refractivity contribution in [2.24, 2.45) is 5.41 Å². The van der Waals surface area contributed by atoms with E-state index in [-0.39, 0.29) is 0 Å². The van der Waals surface area contributed by atoms with Crippen molar-refractivity contribution in [3.8, 4) is 0 Å². The monoisotopic (exact) mass is 218 g/mol. The maximum Gasteiger partial charge on any atom is 0.147 e. The second-order valence-corrected chi connectivity index (χ2v) is 4.99. The topological polar surface area (TPSA) is 41.1 Å². The minimum atomic E-state index is 0.544. The smallest absolute Gasteiger partial charge is 0.147 e. The van der Waals surface area contributed by atoms with Crippen LogP contribution in [0.4, 0.5) is 5.82 Å². The number of anilines is 1. The Kier molecular flexibility index (Phi) is 2.52. The van der Waals surface area contributed by atoms with Crippen molar-refractivity contribution in [1.29, 1.82) is 0 Å². The summed E-state index contributed by atoms with van der Waals surface area (Å²) in [4.78, 5) is 10.9. The van der Waals surface area contributed by atoms with Crippen molar-refractivity contribution >= 4 is 5.82 Å². The number of aromatic nitrogens is 2. The van der Waals surface area contributed by atoms with Crippen molar-refractivity contribution in [3.63, 3.8) is 0 Å². The van der Waals surface area contributed by atoms with E-state index >= 15 is 0 Å². The van der Waals surface area contributed by atoms with Gasteiger partial charge in [-0.2, -0.15) is 0 Å². The summed E-state index contributed by atoms with van der Waals surface area (Å²) in [5.41, 5.74) is 0.544. The summed E-state index contributed by atoms with van der Waals surface area (Å²) in [5, 5.41) is 3.44. The van der Waals surface area contributed by atoms with Gasteiger partial charge in [-0.1, -0.05) is 0 Å². The molecule has 1 aromatic rings. The summed E-state index contributed by atoms with van der Waals surface area (Å²) < 4.78 is 0. The highest BCUT2D eigenvalue weighted by Crippen LogP contribution is 2.39. The quantitative estimate of drug-likeness (QED) is 0.765. The molecule has 1 spiro atoms. The van der Waals surface area contributed by atoms with Crippen LogP contribution in [0, 0.1) is 5.41 Å². The molecule has 0 aliphatic carbocycles. The zero-order valence-electron chi connectivity index (χ0n) is 9.52. The molecule has 16 heavy (non-hydrogen) atoms. The van der Waals surface area contributed by atoms with Crippen LogP contribution in [0.3, 0.4) is 0 Å². The Morgan fingerprint density at radius 1 is 1.19 bits per heavy atom. The maximum absolute atomic E-state index is 4.39. The van der Waals surface area contributed by atoms with E-state index in [0.717, 1.165) is 18.9 Å². The van der Waals surface area contributed by atoms with Gasteiger partial charge in [0.2, 0.25) is 0 Å². The molecular weight excluding hydrogens is 200 g/mol. The number of hydrogen-bond donors (Lipinski definition) is 1.